The fourth-order valence-electron chi connectivity index (χ4n) is 1.38. The van der Waals surface area contributed by atoms with Crippen molar-refractivity contribution in [3.63, 3.8) is 0 Å². The number of rotatable bonds is 6. The molecule has 0 aromatic carbocycles. The molecule has 106 valence electrons. The molecular weight excluding hydrogens is 240 g/mol. The van der Waals surface area contributed by atoms with Gasteiger partial charge in [-0.1, -0.05) is 20.8 Å². The van der Waals surface area contributed by atoms with E-state index < -0.39 is 23.1 Å². The summed E-state index contributed by atoms with van der Waals surface area (Å²) in [6.07, 6.45) is 0.186. The van der Waals surface area contributed by atoms with Gasteiger partial charge in [-0.05, 0) is 32.6 Å². The lowest BCUT2D eigenvalue weighted by atomic mass is 9.83. The molecule has 0 fully saturated rings. The van der Waals surface area contributed by atoms with E-state index in [9.17, 15) is 14.7 Å². The third kappa shape index (κ3) is 5.01. The third-order valence-electron chi connectivity index (χ3n) is 2.27. The van der Waals surface area contributed by atoms with Crippen molar-refractivity contribution in [2.24, 2.45) is 5.41 Å². The molecule has 0 aromatic rings. The highest BCUT2D eigenvalue weighted by Crippen LogP contribution is 2.31. The van der Waals surface area contributed by atoms with Gasteiger partial charge in [0.15, 0.2) is 11.2 Å². The normalized spacial score (nSPS) is 16.1. The minimum Gasteiger partial charge on any atom is -0.479 e. The Morgan fingerprint density at radius 1 is 0.889 bits per heavy atom. The van der Waals surface area contributed by atoms with Crippen molar-refractivity contribution in [2.75, 3.05) is 0 Å². The van der Waals surface area contributed by atoms with Crippen molar-refractivity contribution < 1.29 is 29.6 Å². The molecule has 0 rings (SSSR count). The summed E-state index contributed by atoms with van der Waals surface area (Å²) < 4.78 is 0. The van der Waals surface area contributed by atoms with Crippen molar-refractivity contribution in [2.45, 2.75) is 59.2 Å². The molecule has 2 N–H and O–H groups in total. The van der Waals surface area contributed by atoms with Crippen LogP contribution in [0.25, 0.3) is 0 Å². The zero-order valence-electron chi connectivity index (χ0n) is 11.7. The van der Waals surface area contributed by atoms with Crippen LogP contribution in [0.5, 0.6) is 0 Å². The molecule has 0 radical (unpaired) electrons. The number of carboxylic acids is 2. The number of aliphatic carboxylic acids is 2. The third-order valence-corrected chi connectivity index (χ3v) is 2.27. The van der Waals surface area contributed by atoms with Gasteiger partial charge in [0.25, 0.3) is 0 Å². The topological polar surface area (TPSA) is 93.1 Å². The van der Waals surface area contributed by atoms with E-state index >= 15 is 0 Å². The van der Waals surface area contributed by atoms with Crippen LogP contribution in [0, 0.1) is 5.41 Å². The first kappa shape index (κ1) is 16.9. The average molecular weight is 262 g/mol. The van der Waals surface area contributed by atoms with E-state index in [4.69, 9.17) is 14.9 Å². The summed E-state index contributed by atoms with van der Waals surface area (Å²) in [7, 11) is 0. The predicted octanol–water partition coefficient (Wildman–Crippen LogP) is 2.08. The summed E-state index contributed by atoms with van der Waals surface area (Å²) in [6.45, 7) is 9.52. The molecule has 0 aliphatic carbocycles. The summed E-state index contributed by atoms with van der Waals surface area (Å²) in [5.41, 5.74) is -3.50. The molecule has 0 bridgehead atoms. The van der Waals surface area contributed by atoms with Gasteiger partial charge in [-0.25, -0.2) is 19.4 Å². The Kier molecular flexibility index (Phi) is 4.91. The SMILES string of the molecule is CC(C)(C)CC(C)(OOC(C)(C)C(=O)O)C(=O)O. The molecule has 1 unspecified atom stereocenters. The average Bonchev–Trinajstić information content (AvgIpc) is 2.11. The molecule has 0 heterocycles. The first-order chi connectivity index (χ1) is 7.80. The highest BCUT2D eigenvalue weighted by atomic mass is 17.2. The van der Waals surface area contributed by atoms with E-state index in [1.807, 2.05) is 20.8 Å². The van der Waals surface area contributed by atoms with Crippen LogP contribution in [0.4, 0.5) is 0 Å². The maximum Gasteiger partial charge on any atom is 0.339 e. The van der Waals surface area contributed by atoms with Gasteiger partial charge in [0, 0.05) is 0 Å². The van der Waals surface area contributed by atoms with Crippen LogP contribution in [-0.4, -0.2) is 33.4 Å². The summed E-state index contributed by atoms with van der Waals surface area (Å²) >= 11 is 0. The van der Waals surface area contributed by atoms with Crippen LogP contribution < -0.4 is 0 Å². The van der Waals surface area contributed by atoms with E-state index in [1.54, 1.807) is 0 Å². The molecule has 6 nitrogen and oxygen atoms in total. The molecule has 0 spiro atoms. The fourth-order valence-corrected chi connectivity index (χ4v) is 1.38. The van der Waals surface area contributed by atoms with Crippen molar-refractivity contribution in [3.8, 4) is 0 Å². The quantitative estimate of drug-likeness (QED) is 0.562. The zero-order valence-corrected chi connectivity index (χ0v) is 11.7. The molecule has 0 aromatic heterocycles. The van der Waals surface area contributed by atoms with Gasteiger partial charge >= 0.3 is 11.9 Å². The molecule has 1 atom stereocenters. The van der Waals surface area contributed by atoms with Crippen LogP contribution in [0.1, 0.15) is 48.0 Å². The Hall–Kier alpha value is -1.14. The lowest BCUT2D eigenvalue weighted by Crippen LogP contribution is -2.46. The highest BCUT2D eigenvalue weighted by molar-refractivity contribution is 5.77. The van der Waals surface area contributed by atoms with Crippen molar-refractivity contribution in [1.82, 2.24) is 0 Å². The molecule has 0 saturated carbocycles. The smallest absolute Gasteiger partial charge is 0.339 e. The largest absolute Gasteiger partial charge is 0.479 e. The molecule has 0 saturated heterocycles. The Morgan fingerprint density at radius 3 is 1.61 bits per heavy atom. The molecular formula is C12H22O6. The first-order valence-electron chi connectivity index (χ1n) is 5.64. The van der Waals surface area contributed by atoms with Gasteiger partial charge in [0.2, 0.25) is 0 Å². The van der Waals surface area contributed by atoms with Crippen LogP contribution in [-0.2, 0) is 19.4 Å². The van der Waals surface area contributed by atoms with E-state index in [1.165, 1.54) is 20.8 Å². The fraction of sp³-hybridized carbons (Fsp3) is 0.833. The van der Waals surface area contributed by atoms with E-state index in [-0.39, 0.29) is 11.8 Å². The van der Waals surface area contributed by atoms with Crippen LogP contribution in [0.3, 0.4) is 0 Å². The molecule has 0 aliphatic rings. The van der Waals surface area contributed by atoms with Crippen LogP contribution in [0.2, 0.25) is 0 Å². The van der Waals surface area contributed by atoms with E-state index in [2.05, 4.69) is 0 Å². The van der Waals surface area contributed by atoms with Crippen molar-refractivity contribution in [1.29, 1.82) is 0 Å². The van der Waals surface area contributed by atoms with Gasteiger partial charge in [-0.2, -0.15) is 0 Å². The maximum atomic E-state index is 11.2. The van der Waals surface area contributed by atoms with Crippen LogP contribution >= 0.6 is 0 Å². The Bertz CT molecular complexity index is 328. The van der Waals surface area contributed by atoms with E-state index in [0.29, 0.717) is 0 Å². The molecule has 18 heavy (non-hydrogen) atoms. The monoisotopic (exact) mass is 262 g/mol. The number of hydrogen-bond acceptors (Lipinski definition) is 4. The summed E-state index contributed by atoms with van der Waals surface area (Å²) in [5, 5.41) is 18.0. The molecule has 6 heteroatoms. The Labute approximate surface area is 107 Å². The number of hydrogen-bond donors (Lipinski definition) is 2. The Balaban J connectivity index is 4.85. The van der Waals surface area contributed by atoms with Gasteiger partial charge in [-0.3, -0.25) is 0 Å². The second-order valence-electron chi connectivity index (χ2n) is 6.26. The minimum absolute atomic E-state index is 0.186. The van der Waals surface area contributed by atoms with E-state index in [0.717, 1.165) is 0 Å². The molecule has 0 amide bonds. The zero-order chi connectivity index (χ0) is 14.8. The van der Waals surface area contributed by atoms with Gasteiger partial charge in [0.1, 0.15) is 0 Å². The predicted molar refractivity (Wildman–Crippen MR) is 64.0 cm³/mol. The maximum absolute atomic E-state index is 11.2. The summed E-state index contributed by atoms with van der Waals surface area (Å²) in [4.78, 5) is 31.8. The van der Waals surface area contributed by atoms with Crippen molar-refractivity contribution >= 4 is 11.9 Å². The lowest BCUT2D eigenvalue weighted by Gasteiger charge is -2.32. The second kappa shape index (κ2) is 5.24. The van der Waals surface area contributed by atoms with Gasteiger partial charge in [-0.15, -0.1) is 0 Å². The van der Waals surface area contributed by atoms with Crippen molar-refractivity contribution in [3.05, 3.63) is 0 Å². The highest BCUT2D eigenvalue weighted by Gasteiger charge is 2.42. The summed E-state index contributed by atoms with van der Waals surface area (Å²) in [5.74, 6) is -2.43. The number of carboxylic acid groups (broad SMARTS) is 2. The number of carbonyl (C=O) groups is 2. The van der Waals surface area contributed by atoms with Gasteiger partial charge in [0.05, 0.1) is 0 Å². The Morgan fingerprint density at radius 2 is 1.33 bits per heavy atom. The lowest BCUT2D eigenvalue weighted by molar-refractivity contribution is -0.393. The molecule has 0 aliphatic heterocycles. The summed E-state index contributed by atoms with van der Waals surface area (Å²) in [6, 6.07) is 0. The standard InChI is InChI=1S/C12H22O6/c1-10(2,3)7-12(6,9(15)16)18-17-11(4,5)8(13)14/h7H2,1-6H3,(H,13,14)(H,15,16). The minimum atomic E-state index is -1.60. The first-order valence-corrected chi connectivity index (χ1v) is 5.64. The second-order valence-corrected chi connectivity index (χ2v) is 6.26. The van der Waals surface area contributed by atoms with Crippen LogP contribution in [0.15, 0.2) is 0 Å². The van der Waals surface area contributed by atoms with Gasteiger partial charge < -0.3 is 10.2 Å².